The van der Waals surface area contributed by atoms with Crippen LogP contribution < -0.4 is 5.32 Å². The van der Waals surface area contributed by atoms with Crippen molar-refractivity contribution in [1.82, 2.24) is 14.5 Å². The Kier molecular flexibility index (Phi) is 5.35. The standard InChI is InChI=1S/C16H20N4O4S2/c1-10(25-16-19-18-15(24-16)11-7-8-11)14(21)17-12-5-4-6-13(9-12)26(22,23)20(2)3/h4-6,9-11H,7-8H2,1-3H3,(H,17,21)/t10-/m0/s1. The van der Waals surface area contributed by atoms with E-state index in [1.165, 1.54) is 38.0 Å². The summed E-state index contributed by atoms with van der Waals surface area (Å²) in [5, 5.41) is 10.6. The summed E-state index contributed by atoms with van der Waals surface area (Å²) in [6, 6.07) is 6.15. The van der Waals surface area contributed by atoms with E-state index < -0.39 is 15.3 Å². The van der Waals surface area contributed by atoms with E-state index in [0.29, 0.717) is 22.7 Å². The van der Waals surface area contributed by atoms with Crippen molar-refractivity contribution in [2.45, 2.75) is 41.1 Å². The average Bonchev–Trinajstić information content (AvgIpc) is 3.34. The number of rotatable bonds is 7. The molecular formula is C16H20N4O4S2. The van der Waals surface area contributed by atoms with Crippen molar-refractivity contribution in [1.29, 1.82) is 0 Å². The lowest BCUT2D eigenvalue weighted by Gasteiger charge is -2.13. The number of hydrogen-bond acceptors (Lipinski definition) is 7. The summed E-state index contributed by atoms with van der Waals surface area (Å²) in [5.41, 5.74) is 0.412. The van der Waals surface area contributed by atoms with Crippen molar-refractivity contribution < 1.29 is 17.6 Å². The monoisotopic (exact) mass is 396 g/mol. The molecule has 0 unspecified atom stereocenters. The minimum atomic E-state index is -3.56. The molecule has 1 aliphatic carbocycles. The largest absolute Gasteiger partial charge is 0.416 e. The molecule has 1 aromatic heterocycles. The molecule has 1 aromatic carbocycles. The predicted octanol–water partition coefficient (Wildman–Crippen LogP) is 2.32. The molecule has 1 fully saturated rings. The molecule has 1 aliphatic rings. The summed E-state index contributed by atoms with van der Waals surface area (Å²) in [6.45, 7) is 1.72. The Bertz CT molecular complexity index is 906. The molecule has 1 atom stereocenters. The Labute approximate surface area is 156 Å². The molecule has 0 saturated heterocycles. The number of nitrogens with zero attached hydrogens (tertiary/aromatic N) is 3. The smallest absolute Gasteiger partial charge is 0.277 e. The number of aromatic nitrogens is 2. The van der Waals surface area contributed by atoms with Gasteiger partial charge in [-0.1, -0.05) is 17.8 Å². The summed E-state index contributed by atoms with van der Waals surface area (Å²) >= 11 is 1.17. The number of sulfonamides is 1. The van der Waals surface area contributed by atoms with Crippen LogP contribution in [0.3, 0.4) is 0 Å². The molecule has 8 nitrogen and oxygen atoms in total. The van der Waals surface area contributed by atoms with Crippen LogP contribution in [-0.4, -0.2) is 48.2 Å². The molecule has 1 amide bonds. The highest BCUT2D eigenvalue weighted by molar-refractivity contribution is 8.00. The second kappa shape index (κ2) is 7.37. The van der Waals surface area contributed by atoms with Gasteiger partial charge < -0.3 is 9.73 Å². The number of carbonyl (C=O) groups excluding carboxylic acids is 1. The zero-order valence-corrected chi connectivity index (χ0v) is 16.3. The molecule has 10 heteroatoms. The fourth-order valence-corrected chi connectivity index (χ4v) is 3.79. The first-order valence-electron chi connectivity index (χ1n) is 8.11. The van der Waals surface area contributed by atoms with Gasteiger partial charge in [0, 0.05) is 25.7 Å². The number of benzene rings is 1. The lowest BCUT2D eigenvalue weighted by Crippen LogP contribution is -2.24. The van der Waals surface area contributed by atoms with Gasteiger partial charge in [0.25, 0.3) is 5.22 Å². The zero-order valence-electron chi connectivity index (χ0n) is 14.7. The van der Waals surface area contributed by atoms with E-state index in [1.807, 2.05) is 0 Å². The molecule has 3 rings (SSSR count). The van der Waals surface area contributed by atoms with Gasteiger partial charge in [0.05, 0.1) is 10.1 Å². The lowest BCUT2D eigenvalue weighted by molar-refractivity contribution is -0.115. The number of amides is 1. The van der Waals surface area contributed by atoms with Gasteiger partial charge in [-0.05, 0) is 38.0 Å². The summed E-state index contributed by atoms with van der Waals surface area (Å²) < 4.78 is 31.0. The fourth-order valence-electron chi connectivity index (χ4n) is 2.16. The predicted molar refractivity (Wildman–Crippen MR) is 97.5 cm³/mol. The maximum atomic E-state index is 12.4. The number of thioether (sulfide) groups is 1. The normalized spacial score (nSPS) is 15.8. The van der Waals surface area contributed by atoms with Gasteiger partial charge in [-0.25, -0.2) is 12.7 Å². The van der Waals surface area contributed by atoms with Crippen LogP contribution in [0.25, 0.3) is 0 Å². The lowest BCUT2D eigenvalue weighted by atomic mass is 10.3. The minimum absolute atomic E-state index is 0.117. The Morgan fingerprint density at radius 1 is 1.35 bits per heavy atom. The number of hydrogen-bond donors (Lipinski definition) is 1. The van der Waals surface area contributed by atoms with E-state index in [1.54, 1.807) is 19.1 Å². The van der Waals surface area contributed by atoms with Crippen molar-refractivity contribution in [3.8, 4) is 0 Å². The van der Waals surface area contributed by atoms with Gasteiger partial charge in [0.2, 0.25) is 21.8 Å². The van der Waals surface area contributed by atoms with Crippen LogP contribution in [-0.2, 0) is 14.8 Å². The number of nitrogens with one attached hydrogen (secondary N) is 1. The van der Waals surface area contributed by atoms with Gasteiger partial charge in [0.15, 0.2) is 0 Å². The van der Waals surface area contributed by atoms with Crippen molar-refractivity contribution in [3.63, 3.8) is 0 Å². The molecular weight excluding hydrogens is 376 g/mol. The highest BCUT2D eigenvalue weighted by Gasteiger charge is 2.30. The third kappa shape index (κ3) is 4.25. The van der Waals surface area contributed by atoms with E-state index in [9.17, 15) is 13.2 Å². The van der Waals surface area contributed by atoms with Gasteiger partial charge in [-0.3, -0.25) is 4.79 Å². The fraction of sp³-hybridized carbons (Fsp3) is 0.438. The summed E-state index contributed by atoms with van der Waals surface area (Å²) in [6.07, 6.45) is 2.13. The summed E-state index contributed by atoms with van der Waals surface area (Å²) in [7, 11) is -0.644. The van der Waals surface area contributed by atoms with Crippen LogP contribution in [0, 0.1) is 0 Å². The minimum Gasteiger partial charge on any atom is -0.416 e. The third-order valence-corrected chi connectivity index (χ3v) is 6.62. The average molecular weight is 396 g/mol. The molecule has 0 aliphatic heterocycles. The van der Waals surface area contributed by atoms with E-state index in [4.69, 9.17) is 4.42 Å². The van der Waals surface area contributed by atoms with Crippen molar-refractivity contribution in [3.05, 3.63) is 30.2 Å². The SMILES string of the molecule is C[C@H](Sc1nnc(C2CC2)o1)C(=O)Nc1cccc(S(=O)(=O)N(C)C)c1. The molecule has 26 heavy (non-hydrogen) atoms. The zero-order chi connectivity index (χ0) is 18.9. The molecule has 1 saturated carbocycles. The quantitative estimate of drug-likeness (QED) is 0.716. The van der Waals surface area contributed by atoms with Crippen molar-refractivity contribution >= 4 is 33.4 Å². The van der Waals surface area contributed by atoms with Crippen LogP contribution in [0.5, 0.6) is 0 Å². The van der Waals surface area contributed by atoms with E-state index in [-0.39, 0.29) is 10.8 Å². The first-order valence-corrected chi connectivity index (χ1v) is 10.4. The van der Waals surface area contributed by atoms with Gasteiger partial charge >= 0.3 is 0 Å². The molecule has 1 N–H and O–H groups in total. The Hall–Kier alpha value is -1.91. The number of anilines is 1. The van der Waals surface area contributed by atoms with Crippen LogP contribution in [0.4, 0.5) is 5.69 Å². The molecule has 1 heterocycles. The highest BCUT2D eigenvalue weighted by atomic mass is 32.2. The van der Waals surface area contributed by atoms with Gasteiger partial charge in [0.1, 0.15) is 0 Å². The molecule has 0 spiro atoms. The third-order valence-electron chi connectivity index (χ3n) is 3.88. The Balaban J connectivity index is 1.65. The Morgan fingerprint density at radius 3 is 2.73 bits per heavy atom. The summed E-state index contributed by atoms with van der Waals surface area (Å²) in [4.78, 5) is 12.5. The van der Waals surface area contributed by atoms with Crippen LogP contribution in [0.2, 0.25) is 0 Å². The van der Waals surface area contributed by atoms with Crippen LogP contribution >= 0.6 is 11.8 Å². The maximum absolute atomic E-state index is 12.4. The van der Waals surface area contributed by atoms with E-state index in [0.717, 1.165) is 17.1 Å². The summed E-state index contributed by atoms with van der Waals surface area (Å²) in [5.74, 6) is 0.713. The van der Waals surface area contributed by atoms with E-state index in [2.05, 4.69) is 15.5 Å². The molecule has 0 bridgehead atoms. The van der Waals surface area contributed by atoms with Crippen LogP contribution in [0.15, 0.2) is 38.8 Å². The van der Waals surface area contributed by atoms with Gasteiger partial charge in [-0.15, -0.1) is 10.2 Å². The second-order valence-corrected chi connectivity index (χ2v) is 9.69. The first kappa shape index (κ1) is 18.9. The van der Waals surface area contributed by atoms with Gasteiger partial charge in [-0.2, -0.15) is 0 Å². The topological polar surface area (TPSA) is 105 Å². The molecule has 0 radical (unpaired) electrons. The second-order valence-electron chi connectivity index (χ2n) is 6.25. The first-order chi connectivity index (χ1) is 12.3. The molecule has 140 valence electrons. The number of carbonyl (C=O) groups is 1. The highest BCUT2D eigenvalue weighted by Crippen LogP contribution is 2.40. The van der Waals surface area contributed by atoms with Crippen molar-refractivity contribution in [2.75, 3.05) is 19.4 Å². The maximum Gasteiger partial charge on any atom is 0.277 e. The van der Waals surface area contributed by atoms with E-state index >= 15 is 0 Å². The Morgan fingerprint density at radius 2 is 2.08 bits per heavy atom. The van der Waals surface area contributed by atoms with Crippen LogP contribution in [0.1, 0.15) is 31.6 Å². The molecule has 2 aromatic rings. The van der Waals surface area contributed by atoms with Crippen molar-refractivity contribution in [2.24, 2.45) is 0 Å².